The van der Waals surface area contributed by atoms with Gasteiger partial charge in [0.15, 0.2) is 5.58 Å². The van der Waals surface area contributed by atoms with Gasteiger partial charge < -0.3 is 18.9 Å². The number of likely N-dealkylation sites (tertiary alicyclic amines) is 1. The molecular weight excluding hydrogens is 522 g/mol. The summed E-state index contributed by atoms with van der Waals surface area (Å²) >= 11 is 2.31. The Morgan fingerprint density at radius 2 is 2.03 bits per heavy atom. The van der Waals surface area contributed by atoms with E-state index in [1.807, 2.05) is 17.2 Å². The lowest BCUT2D eigenvalue weighted by molar-refractivity contribution is 0.0766. The monoisotopic (exact) mass is 548 g/mol. The zero-order chi connectivity index (χ0) is 22.1. The van der Waals surface area contributed by atoms with Gasteiger partial charge in [-0.2, -0.15) is 0 Å². The van der Waals surface area contributed by atoms with Crippen molar-refractivity contribution in [1.82, 2.24) is 19.5 Å². The van der Waals surface area contributed by atoms with E-state index in [1.54, 1.807) is 6.07 Å². The van der Waals surface area contributed by atoms with Crippen molar-refractivity contribution < 1.29 is 13.7 Å². The lowest BCUT2D eigenvalue weighted by Gasteiger charge is -2.31. The Morgan fingerprint density at radius 3 is 2.84 bits per heavy atom. The number of rotatable bonds is 6. The molecule has 3 aromatic rings. The van der Waals surface area contributed by atoms with Crippen LogP contribution in [-0.2, 0) is 4.55 Å². The zero-order valence-corrected chi connectivity index (χ0v) is 20.0. The molecule has 0 aliphatic carbocycles. The van der Waals surface area contributed by atoms with Crippen LogP contribution in [0.3, 0.4) is 0 Å². The Bertz CT molecular complexity index is 1150. The number of fused-ring (bicyclic) bond motifs is 2. The van der Waals surface area contributed by atoms with Crippen molar-refractivity contribution in [2.45, 2.75) is 29.7 Å². The van der Waals surface area contributed by atoms with Crippen molar-refractivity contribution in [2.75, 3.05) is 32.7 Å². The van der Waals surface area contributed by atoms with Crippen LogP contribution < -0.4 is 0 Å². The van der Waals surface area contributed by atoms with Crippen molar-refractivity contribution in [3.05, 3.63) is 59.3 Å². The van der Waals surface area contributed by atoms with Gasteiger partial charge in [0.1, 0.15) is 5.82 Å². The molecule has 1 amide bonds. The lowest BCUT2D eigenvalue weighted by atomic mass is 9.91. The van der Waals surface area contributed by atoms with E-state index >= 15 is 0 Å². The van der Waals surface area contributed by atoms with E-state index in [1.165, 1.54) is 12.1 Å². The minimum atomic E-state index is -0.299. The maximum Gasteiger partial charge on any atom is 0.256 e. The number of carbonyl (C=O) groups excluding carboxylic acids is 1. The second kappa shape index (κ2) is 9.35. The summed E-state index contributed by atoms with van der Waals surface area (Å²) < 4.78 is 21.7. The molecule has 0 atom stereocenters. The Hall–Kier alpha value is -2.20. The molecule has 0 spiro atoms. The molecule has 1 saturated heterocycles. The maximum absolute atomic E-state index is 13.4. The number of amides is 1. The molecule has 8 heteroatoms. The fraction of sp³-hybridized carbons (Fsp3) is 0.417. The molecule has 2 aliphatic heterocycles. The highest BCUT2D eigenvalue weighted by molar-refractivity contribution is 14.1. The highest BCUT2D eigenvalue weighted by Gasteiger charge is 2.26. The number of hydrogen-bond acceptors (Lipinski definition) is 4. The van der Waals surface area contributed by atoms with Gasteiger partial charge in [-0.25, -0.2) is 4.39 Å². The summed E-state index contributed by atoms with van der Waals surface area (Å²) in [6.45, 7) is 4.40. The van der Waals surface area contributed by atoms with E-state index in [4.69, 9.17) is 4.52 Å². The summed E-state index contributed by atoms with van der Waals surface area (Å²) in [5.41, 5.74) is 3.29. The van der Waals surface area contributed by atoms with Crippen LogP contribution >= 0.6 is 22.6 Å². The van der Waals surface area contributed by atoms with Crippen LogP contribution in [0.1, 0.15) is 46.9 Å². The summed E-state index contributed by atoms with van der Waals surface area (Å²) in [5.74, 6) is 0.171. The normalized spacial score (nSPS) is 17.8. The zero-order valence-electron chi connectivity index (χ0n) is 17.8. The number of nitrogens with zero attached hydrogens (tertiary/aromatic N) is 4. The number of aromatic nitrogens is 2. The molecule has 168 valence electrons. The smallest absolute Gasteiger partial charge is 0.256 e. The van der Waals surface area contributed by atoms with Crippen molar-refractivity contribution >= 4 is 45.5 Å². The van der Waals surface area contributed by atoms with Gasteiger partial charge in [0, 0.05) is 36.7 Å². The first kappa shape index (κ1) is 21.6. The van der Waals surface area contributed by atoms with Crippen molar-refractivity contribution in [3.63, 3.8) is 0 Å². The largest absolute Gasteiger partial charge is 0.356 e. The van der Waals surface area contributed by atoms with Gasteiger partial charge in [0.05, 0.1) is 21.5 Å². The average Bonchev–Trinajstić information content (AvgIpc) is 3.37. The van der Waals surface area contributed by atoms with E-state index in [2.05, 4.69) is 49.4 Å². The first-order valence-corrected chi connectivity index (χ1v) is 12.6. The second-order valence-electron chi connectivity index (χ2n) is 8.54. The molecule has 0 saturated carbocycles. The van der Waals surface area contributed by atoms with Crippen LogP contribution in [0.15, 0.2) is 41.1 Å². The maximum atomic E-state index is 13.4. The fourth-order valence-electron chi connectivity index (χ4n) is 4.83. The molecule has 32 heavy (non-hydrogen) atoms. The van der Waals surface area contributed by atoms with Crippen LogP contribution in [0, 0.1) is 5.82 Å². The number of halogens is 2. The highest BCUT2D eigenvalue weighted by Crippen LogP contribution is 2.32. The van der Waals surface area contributed by atoms with E-state index in [-0.39, 0.29) is 11.7 Å². The standard InChI is InChI=1S/C24H26FIN4O2/c25-18-4-5-20-22(15-18)32-27-23(20)17-6-12-28(13-7-17)9-2-11-29-10-1-3-21-19(24(29)31)8-14-30(21)16-26/h1,3-5,8,14-15,17H,2,6-7,9-13,16H2. The molecule has 5 rings (SSSR count). The van der Waals surface area contributed by atoms with Crippen LogP contribution in [0.2, 0.25) is 0 Å². The number of carbonyl (C=O) groups is 1. The summed E-state index contributed by atoms with van der Waals surface area (Å²) in [6, 6.07) is 6.58. The first-order chi connectivity index (χ1) is 15.6. The van der Waals surface area contributed by atoms with Crippen LogP contribution in [-0.4, -0.2) is 58.2 Å². The Kier molecular flexibility index (Phi) is 6.32. The number of piperidine rings is 1. The third kappa shape index (κ3) is 4.22. The first-order valence-electron chi connectivity index (χ1n) is 11.1. The quantitative estimate of drug-likeness (QED) is 0.325. The number of hydrogen-bond donors (Lipinski definition) is 0. The summed E-state index contributed by atoms with van der Waals surface area (Å²) in [6.07, 6.45) is 9.13. The molecule has 0 N–H and O–H groups in total. The molecule has 0 radical (unpaired) electrons. The summed E-state index contributed by atoms with van der Waals surface area (Å²) in [5, 5.41) is 5.16. The van der Waals surface area contributed by atoms with Gasteiger partial charge in [-0.3, -0.25) is 4.79 Å². The molecule has 1 aromatic carbocycles. The molecular formula is C24H26FIN4O2. The third-order valence-corrected chi connectivity index (χ3v) is 7.33. The van der Waals surface area contributed by atoms with Crippen LogP contribution in [0.4, 0.5) is 4.39 Å². The minimum Gasteiger partial charge on any atom is -0.356 e. The minimum absolute atomic E-state index is 0.127. The van der Waals surface area contributed by atoms with E-state index < -0.39 is 0 Å². The van der Waals surface area contributed by atoms with E-state index in [9.17, 15) is 9.18 Å². The molecule has 4 heterocycles. The van der Waals surface area contributed by atoms with Gasteiger partial charge in [-0.1, -0.05) is 33.8 Å². The van der Waals surface area contributed by atoms with E-state index in [0.29, 0.717) is 18.0 Å². The van der Waals surface area contributed by atoms with Crippen molar-refractivity contribution in [2.24, 2.45) is 0 Å². The molecule has 2 aliphatic rings. The highest BCUT2D eigenvalue weighted by atomic mass is 127. The van der Waals surface area contributed by atoms with Gasteiger partial charge >= 0.3 is 0 Å². The molecule has 0 unspecified atom stereocenters. The summed E-state index contributed by atoms with van der Waals surface area (Å²) in [4.78, 5) is 17.4. The van der Waals surface area contributed by atoms with Crippen LogP contribution in [0.25, 0.3) is 17.0 Å². The Labute approximate surface area is 200 Å². The average molecular weight is 548 g/mol. The Morgan fingerprint density at radius 1 is 1.19 bits per heavy atom. The lowest BCUT2D eigenvalue weighted by Crippen LogP contribution is -2.37. The second-order valence-corrected chi connectivity index (χ2v) is 9.22. The summed E-state index contributed by atoms with van der Waals surface area (Å²) in [7, 11) is 0. The van der Waals surface area contributed by atoms with Gasteiger partial charge in [0.2, 0.25) is 0 Å². The Balaban J connectivity index is 1.13. The fourth-order valence-corrected chi connectivity index (χ4v) is 5.43. The topological polar surface area (TPSA) is 54.5 Å². The molecule has 1 fully saturated rings. The molecule has 0 bridgehead atoms. The van der Waals surface area contributed by atoms with Gasteiger partial charge in [-0.15, -0.1) is 0 Å². The third-order valence-electron chi connectivity index (χ3n) is 6.59. The molecule has 6 nitrogen and oxygen atoms in total. The van der Waals surface area contributed by atoms with Gasteiger partial charge in [-0.05, 0) is 63.2 Å². The van der Waals surface area contributed by atoms with Gasteiger partial charge in [0.25, 0.3) is 5.91 Å². The van der Waals surface area contributed by atoms with E-state index in [0.717, 1.165) is 72.3 Å². The predicted octanol–water partition coefficient (Wildman–Crippen LogP) is 4.90. The van der Waals surface area contributed by atoms with Crippen LogP contribution in [0.5, 0.6) is 0 Å². The molecule has 2 aromatic heterocycles. The van der Waals surface area contributed by atoms with Crippen molar-refractivity contribution in [3.8, 4) is 0 Å². The predicted molar refractivity (Wildman–Crippen MR) is 130 cm³/mol. The van der Waals surface area contributed by atoms with Crippen molar-refractivity contribution in [1.29, 1.82) is 0 Å². The number of benzene rings is 1. The SMILES string of the molecule is O=C1c2ccn(CI)c2C=CCN1CCCN1CCC(c2noc3cc(F)ccc23)CC1. The number of alkyl halides is 1.